The summed E-state index contributed by atoms with van der Waals surface area (Å²) in [5, 5.41) is 2.74. The summed E-state index contributed by atoms with van der Waals surface area (Å²) in [5.41, 5.74) is 2.24. The van der Waals surface area contributed by atoms with E-state index in [1.54, 1.807) is 44.6 Å². The van der Waals surface area contributed by atoms with Crippen molar-refractivity contribution in [3.63, 3.8) is 0 Å². The molecule has 1 aliphatic heterocycles. The fourth-order valence-electron chi connectivity index (χ4n) is 5.92. The van der Waals surface area contributed by atoms with Crippen molar-refractivity contribution in [3.8, 4) is 11.1 Å². The molecule has 3 heterocycles. The van der Waals surface area contributed by atoms with Gasteiger partial charge in [-0.05, 0) is 90.9 Å². The lowest BCUT2D eigenvalue weighted by Gasteiger charge is -2.34. The smallest absolute Gasteiger partial charge is 0.341 e. The number of carbonyl (C=O) groups excluding carboxylic acids is 4. The number of carbonyl (C=O) groups is 4. The summed E-state index contributed by atoms with van der Waals surface area (Å²) in [6.45, 7) is 1.69. The number of likely N-dealkylation sites (N-methyl/N-ethyl adjacent to an activating group) is 1. The second kappa shape index (κ2) is 13.3. The molecule has 1 aliphatic carbocycles. The van der Waals surface area contributed by atoms with Gasteiger partial charge in [-0.25, -0.2) is 18.6 Å². The summed E-state index contributed by atoms with van der Waals surface area (Å²) in [7, 11) is 1.60. The average Bonchev–Trinajstić information content (AvgIpc) is 3.13. The van der Waals surface area contributed by atoms with Crippen LogP contribution in [0.15, 0.2) is 73.2 Å². The van der Waals surface area contributed by atoms with Crippen molar-refractivity contribution in [2.45, 2.75) is 38.5 Å². The maximum Gasteiger partial charge on any atom is 0.341 e. The van der Waals surface area contributed by atoms with Gasteiger partial charge in [0.25, 0.3) is 11.8 Å². The molecule has 0 saturated heterocycles. The third-order valence-corrected chi connectivity index (χ3v) is 8.68. The summed E-state index contributed by atoms with van der Waals surface area (Å²) in [4.78, 5) is 62.4. The number of anilines is 1. The van der Waals surface area contributed by atoms with Crippen molar-refractivity contribution in [1.29, 1.82) is 0 Å². The van der Waals surface area contributed by atoms with Crippen LogP contribution in [0.2, 0.25) is 0 Å². The lowest BCUT2D eigenvalue weighted by atomic mass is 9.82. The van der Waals surface area contributed by atoms with Crippen LogP contribution < -0.4 is 10.2 Å². The van der Waals surface area contributed by atoms with E-state index >= 15 is 0 Å². The third-order valence-electron chi connectivity index (χ3n) is 8.68. The Bertz CT molecular complexity index is 1920. The standard InChI is InChI=1S/C35H30F3N5O5/c1-19-33(45)42(2)29-16-23(22-5-8-39-9-6-22)3-4-27(29)34(46)43(19)18-21-11-24(15-25(36)12-21)32(44)41-17-20-13-26(14-20)48-35(47)28-7-10-40-31(38)30(28)37/h3-12,15-16,19-20,26H,13-14,17-18H2,1-2H3,(H,41,44)/t19-,20-,26+/m1/s1. The quantitative estimate of drug-likeness (QED) is 0.211. The zero-order valence-corrected chi connectivity index (χ0v) is 26.0. The number of nitrogens with one attached hydrogen (secondary N) is 1. The van der Waals surface area contributed by atoms with E-state index in [9.17, 15) is 32.3 Å². The first-order chi connectivity index (χ1) is 23.0. The molecular weight excluding hydrogens is 627 g/mol. The monoisotopic (exact) mass is 657 g/mol. The molecule has 0 unspecified atom stereocenters. The van der Waals surface area contributed by atoms with E-state index in [-0.39, 0.29) is 30.5 Å². The fraction of sp³-hybridized carbons (Fsp3) is 0.257. The van der Waals surface area contributed by atoms with Crippen LogP contribution >= 0.6 is 0 Å². The fourth-order valence-corrected chi connectivity index (χ4v) is 5.92. The second-order valence-electron chi connectivity index (χ2n) is 11.9. The van der Waals surface area contributed by atoms with Gasteiger partial charge >= 0.3 is 5.97 Å². The average molecular weight is 658 g/mol. The Morgan fingerprint density at radius 2 is 1.71 bits per heavy atom. The lowest BCUT2D eigenvalue weighted by molar-refractivity contribution is -0.122. The maximum absolute atomic E-state index is 14.8. The summed E-state index contributed by atoms with van der Waals surface area (Å²) >= 11 is 0. The summed E-state index contributed by atoms with van der Waals surface area (Å²) in [6, 6.07) is 12.8. The van der Waals surface area contributed by atoms with Gasteiger partial charge in [0.1, 0.15) is 23.5 Å². The van der Waals surface area contributed by atoms with E-state index in [1.807, 2.05) is 12.1 Å². The Morgan fingerprint density at radius 1 is 0.958 bits per heavy atom. The largest absolute Gasteiger partial charge is 0.459 e. The van der Waals surface area contributed by atoms with Gasteiger partial charge in [0.15, 0.2) is 5.82 Å². The number of ether oxygens (including phenoxy) is 1. The van der Waals surface area contributed by atoms with E-state index in [2.05, 4.69) is 15.3 Å². The van der Waals surface area contributed by atoms with Crippen LogP contribution in [0.4, 0.5) is 18.9 Å². The molecule has 48 heavy (non-hydrogen) atoms. The van der Waals surface area contributed by atoms with Crippen molar-refractivity contribution >= 4 is 29.4 Å². The Labute approximate surface area is 273 Å². The number of benzene rings is 2. The highest BCUT2D eigenvalue weighted by molar-refractivity contribution is 6.11. The van der Waals surface area contributed by atoms with Crippen LogP contribution in [0.5, 0.6) is 0 Å². The third kappa shape index (κ3) is 6.48. The summed E-state index contributed by atoms with van der Waals surface area (Å²) < 4.78 is 47.1. The topological polar surface area (TPSA) is 122 Å². The van der Waals surface area contributed by atoms with Gasteiger partial charge in [0.2, 0.25) is 11.9 Å². The summed E-state index contributed by atoms with van der Waals surface area (Å²) in [5.74, 6) is -5.81. The molecule has 3 amide bonds. The molecular formula is C35H30F3N5O5. The van der Waals surface area contributed by atoms with Gasteiger partial charge in [-0.2, -0.15) is 4.39 Å². The number of fused-ring (bicyclic) bond motifs is 1. The van der Waals surface area contributed by atoms with Crippen molar-refractivity contribution in [2.75, 3.05) is 18.5 Å². The first kappa shape index (κ1) is 32.4. The van der Waals surface area contributed by atoms with Crippen molar-refractivity contribution in [1.82, 2.24) is 20.2 Å². The molecule has 1 N–H and O–H groups in total. The molecule has 10 nitrogen and oxygen atoms in total. The second-order valence-corrected chi connectivity index (χ2v) is 11.9. The Balaban J connectivity index is 1.10. The van der Waals surface area contributed by atoms with Crippen molar-refractivity contribution in [3.05, 3.63) is 113 Å². The van der Waals surface area contributed by atoms with Crippen LogP contribution in [0.3, 0.4) is 0 Å². The van der Waals surface area contributed by atoms with Gasteiger partial charge in [0.05, 0.1) is 11.3 Å². The predicted octanol–water partition coefficient (Wildman–Crippen LogP) is 4.93. The molecule has 0 spiro atoms. The normalized spacial score (nSPS) is 18.9. The van der Waals surface area contributed by atoms with Gasteiger partial charge in [-0.1, -0.05) is 6.07 Å². The zero-order chi connectivity index (χ0) is 34.1. The number of hydrogen-bond donors (Lipinski definition) is 1. The highest BCUT2D eigenvalue weighted by Gasteiger charge is 2.36. The first-order valence-corrected chi connectivity index (χ1v) is 15.2. The highest BCUT2D eigenvalue weighted by Crippen LogP contribution is 2.33. The minimum atomic E-state index is -1.39. The van der Waals surface area contributed by atoms with Crippen LogP contribution in [-0.4, -0.2) is 64.3 Å². The minimum absolute atomic E-state index is 0.0308. The molecule has 13 heteroatoms. The molecule has 246 valence electrons. The van der Waals surface area contributed by atoms with Gasteiger partial charge in [-0.3, -0.25) is 19.4 Å². The molecule has 0 radical (unpaired) electrons. The maximum atomic E-state index is 14.8. The molecule has 2 aromatic heterocycles. The molecule has 1 saturated carbocycles. The van der Waals surface area contributed by atoms with Crippen LogP contribution in [-0.2, 0) is 16.1 Å². The van der Waals surface area contributed by atoms with Crippen LogP contribution in [0.1, 0.15) is 56.4 Å². The Kier molecular flexibility index (Phi) is 8.94. The number of rotatable bonds is 8. The van der Waals surface area contributed by atoms with Crippen molar-refractivity contribution < 1.29 is 37.1 Å². The Hall–Kier alpha value is -5.59. The van der Waals surface area contributed by atoms with Crippen LogP contribution in [0.25, 0.3) is 11.1 Å². The van der Waals surface area contributed by atoms with E-state index in [4.69, 9.17) is 4.74 Å². The minimum Gasteiger partial charge on any atom is -0.459 e. The molecule has 2 aliphatic rings. The molecule has 1 fully saturated rings. The lowest BCUT2D eigenvalue weighted by Crippen LogP contribution is -2.45. The van der Waals surface area contributed by atoms with E-state index < -0.39 is 53.1 Å². The molecule has 1 atom stereocenters. The number of halogens is 3. The van der Waals surface area contributed by atoms with Crippen LogP contribution in [0, 0.1) is 23.5 Å². The molecule has 0 bridgehead atoms. The number of esters is 1. The number of amides is 3. The number of pyridine rings is 2. The summed E-state index contributed by atoms with van der Waals surface area (Å²) in [6.07, 6.45) is 4.52. The zero-order valence-electron chi connectivity index (χ0n) is 26.0. The van der Waals surface area contributed by atoms with Crippen molar-refractivity contribution in [2.24, 2.45) is 5.92 Å². The SMILES string of the molecule is C[C@@H]1C(=O)N(C)c2cc(-c3ccncc3)ccc2C(=O)N1Cc1cc(F)cc(C(=O)NC[C@H]2C[C@@H](OC(=O)c3ccnc(F)c3F)C2)c1. The van der Waals surface area contributed by atoms with Gasteiger partial charge < -0.3 is 19.9 Å². The van der Waals surface area contributed by atoms with Gasteiger partial charge in [-0.15, -0.1) is 0 Å². The highest BCUT2D eigenvalue weighted by atomic mass is 19.2. The number of aromatic nitrogens is 2. The predicted molar refractivity (Wildman–Crippen MR) is 167 cm³/mol. The molecule has 2 aromatic carbocycles. The van der Waals surface area contributed by atoms with E-state index in [0.717, 1.165) is 29.5 Å². The van der Waals surface area contributed by atoms with Gasteiger partial charge in [0, 0.05) is 44.3 Å². The number of nitrogens with zero attached hydrogens (tertiary/aromatic N) is 4. The molecule has 4 aromatic rings. The van der Waals surface area contributed by atoms with E-state index in [0.29, 0.717) is 29.7 Å². The van der Waals surface area contributed by atoms with E-state index in [1.165, 1.54) is 21.9 Å². The first-order valence-electron chi connectivity index (χ1n) is 15.2. The molecule has 6 rings (SSSR count). The number of hydrogen-bond acceptors (Lipinski definition) is 7. The Morgan fingerprint density at radius 3 is 2.46 bits per heavy atom.